The highest BCUT2D eigenvalue weighted by atomic mass is 32.1. The van der Waals surface area contributed by atoms with Crippen LogP contribution in [0.5, 0.6) is 5.88 Å². The summed E-state index contributed by atoms with van der Waals surface area (Å²) in [4.78, 5) is 21.9. The van der Waals surface area contributed by atoms with E-state index in [1.807, 2.05) is 6.07 Å². The van der Waals surface area contributed by atoms with Gasteiger partial charge in [0.05, 0.1) is 36.4 Å². The molecule has 5 aromatic heterocycles. The molecule has 5 heterocycles. The van der Waals surface area contributed by atoms with Gasteiger partial charge in [-0.25, -0.2) is 19.0 Å². The Morgan fingerprint density at radius 3 is 2.97 bits per heavy atom. The number of nitrogens with one attached hydrogen (secondary N) is 1. The Bertz CT molecular complexity index is 1450. The minimum atomic E-state index is -0.394. The molecule has 5 aromatic rings. The molecule has 0 atom stereocenters. The highest BCUT2D eigenvalue weighted by Crippen LogP contribution is 2.31. The molecule has 0 aliphatic rings. The zero-order valence-electron chi connectivity index (χ0n) is 16.1. The number of rotatable bonds is 5. The third-order valence-electron chi connectivity index (χ3n) is 4.93. The summed E-state index contributed by atoms with van der Waals surface area (Å²) in [7, 11) is 3.33. The van der Waals surface area contributed by atoms with Gasteiger partial charge in [-0.05, 0) is 6.07 Å². The van der Waals surface area contributed by atoms with Gasteiger partial charge in [0, 0.05) is 30.6 Å². The van der Waals surface area contributed by atoms with E-state index in [1.165, 1.54) is 23.1 Å². The van der Waals surface area contributed by atoms with Crippen LogP contribution in [0.1, 0.15) is 16.3 Å². The number of fused-ring (bicyclic) bond motifs is 3. The van der Waals surface area contributed by atoms with Crippen molar-refractivity contribution < 1.29 is 9.13 Å². The van der Waals surface area contributed by atoms with Crippen LogP contribution in [0.4, 0.5) is 4.39 Å². The van der Waals surface area contributed by atoms with Crippen molar-refractivity contribution >= 4 is 32.6 Å². The third kappa shape index (κ3) is 2.86. The number of aryl methyl sites for hydroxylation is 1. The number of hydrogen-bond donors (Lipinski definition) is 1. The summed E-state index contributed by atoms with van der Waals surface area (Å²) in [5.74, 6) is 0.0611. The van der Waals surface area contributed by atoms with Gasteiger partial charge in [0.2, 0.25) is 5.88 Å². The molecule has 1 N–H and O–H groups in total. The van der Waals surface area contributed by atoms with Gasteiger partial charge in [0.1, 0.15) is 10.5 Å². The summed E-state index contributed by atoms with van der Waals surface area (Å²) in [6.07, 6.45) is 4.74. The Labute approximate surface area is 172 Å². The van der Waals surface area contributed by atoms with Crippen molar-refractivity contribution in [3.05, 3.63) is 63.2 Å². The first-order chi connectivity index (χ1) is 14.6. The smallest absolute Gasteiger partial charge is 0.291 e. The molecule has 0 spiro atoms. The zero-order chi connectivity index (χ0) is 20.8. The molecule has 0 unspecified atom stereocenters. The Hall–Kier alpha value is -3.60. The Morgan fingerprint density at radius 2 is 2.20 bits per heavy atom. The molecule has 0 radical (unpaired) electrons. The van der Waals surface area contributed by atoms with Gasteiger partial charge in [-0.1, -0.05) is 6.07 Å². The number of nitrogens with zero attached hydrogens (tertiary/aromatic N) is 6. The maximum atomic E-state index is 13.7. The number of aromatic nitrogens is 7. The number of hydrogen-bond acceptors (Lipinski definition) is 7. The summed E-state index contributed by atoms with van der Waals surface area (Å²) in [5, 5.41) is 12.1. The summed E-state index contributed by atoms with van der Waals surface area (Å²) >= 11 is 1.41. The van der Waals surface area contributed by atoms with Crippen LogP contribution in [-0.4, -0.2) is 41.6 Å². The van der Waals surface area contributed by atoms with Crippen molar-refractivity contribution in [3.8, 4) is 5.88 Å². The number of thiazole rings is 1. The molecule has 0 aliphatic carbocycles. The van der Waals surface area contributed by atoms with E-state index in [9.17, 15) is 9.18 Å². The lowest BCUT2D eigenvalue weighted by atomic mass is 10.2. The molecule has 0 aromatic carbocycles. The van der Waals surface area contributed by atoms with Crippen LogP contribution < -0.4 is 10.3 Å². The van der Waals surface area contributed by atoms with E-state index >= 15 is 0 Å². The first-order valence-electron chi connectivity index (χ1n) is 9.06. The molecule has 0 saturated heterocycles. The van der Waals surface area contributed by atoms with E-state index in [0.29, 0.717) is 29.2 Å². The van der Waals surface area contributed by atoms with Crippen molar-refractivity contribution in [3.63, 3.8) is 0 Å². The van der Waals surface area contributed by atoms with E-state index in [0.717, 1.165) is 26.9 Å². The van der Waals surface area contributed by atoms with Crippen LogP contribution in [0.25, 0.3) is 21.3 Å². The number of H-pyrrole nitrogens is 1. The Kier molecular flexibility index (Phi) is 4.31. The van der Waals surface area contributed by atoms with Gasteiger partial charge in [-0.15, -0.1) is 11.3 Å². The second-order valence-corrected chi connectivity index (χ2v) is 7.82. The van der Waals surface area contributed by atoms with Crippen molar-refractivity contribution in [1.29, 1.82) is 0 Å². The van der Waals surface area contributed by atoms with Crippen LogP contribution in [0.2, 0.25) is 0 Å². The van der Waals surface area contributed by atoms with E-state index in [4.69, 9.17) is 4.74 Å². The monoisotopic (exact) mass is 425 g/mol. The van der Waals surface area contributed by atoms with Gasteiger partial charge in [0.25, 0.3) is 5.56 Å². The summed E-state index contributed by atoms with van der Waals surface area (Å²) in [5.41, 5.74) is 2.09. The third-order valence-corrected chi connectivity index (χ3v) is 6.00. The number of methoxy groups -OCH3 is 1. The predicted molar refractivity (Wildman–Crippen MR) is 109 cm³/mol. The summed E-state index contributed by atoms with van der Waals surface area (Å²) < 4.78 is 22.9. The molecule has 9 nitrogen and oxygen atoms in total. The van der Waals surface area contributed by atoms with E-state index in [-0.39, 0.29) is 12.1 Å². The first kappa shape index (κ1) is 18.4. The molecule has 5 rings (SSSR count). The lowest BCUT2D eigenvalue weighted by Gasteiger charge is -2.08. The second-order valence-electron chi connectivity index (χ2n) is 6.73. The van der Waals surface area contributed by atoms with Crippen molar-refractivity contribution in [2.24, 2.45) is 7.05 Å². The first-order valence-corrected chi connectivity index (χ1v) is 9.88. The Morgan fingerprint density at radius 1 is 1.33 bits per heavy atom. The molecule has 0 fully saturated rings. The van der Waals surface area contributed by atoms with Gasteiger partial charge in [-0.2, -0.15) is 10.2 Å². The van der Waals surface area contributed by atoms with Crippen LogP contribution in [0.3, 0.4) is 0 Å². The van der Waals surface area contributed by atoms with Crippen LogP contribution in [-0.2, 0) is 20.0 Å². The van der Waals surface area contributed by atoms with Crippen LogP contribution in [0.15, 0.2) is 35.5 Å². The van der Waals surface area contributed by atoms with E-state index < -0.39 is 5.82 Å². The highest BCUT2D eigenvalue weighted by Gasteiger charge is 2.19. The minimum absolute atomic E-state index is 0.229. The second kappa shape index (κ2) is 7.02. The molecule has 0 bridgehead atoms. The lowest BCUT2D eigenvalue weighted by Crippen LogP contribution is -2.24. The number of aromatic amines is 1. The van der Waals surface area contributed by atoms with Crippen molar-refractivity contribution in [1.82, 2.24) is 34.5 Å². The maximum Gasteiger partial charge on any atom is 0.291 e. The van der Waals surface area contributed by atoms with Gasteiger partial charge < -0.3 is 9.30 Å². The molecular weight excluding hydrogens is 409 g/mol. The molecular formula is C19H16FN7O2S. The van der Waals surface area contributed by atoms with E-state index in [2.05, 4.69) is 25.3 Å². The number of halogens is 1. The standard InChI is InChI=1S/C19H16FN7O2S/c1-26-15-11(16-17(26)24-14(30-16)6-13-12(20)8-22-25-13)7-23-27(19(15)28)9-10-4-3-5-21-18(10)29-2/h3-5,7-8H,6,9H2,1-2H3,(H,22,25). The highest BCUT2D eigenvalue weighted by molar-refractivity contribution is 7.19. The summed E-state index contributed by atoms with van der Waals surface area (Å²) in [6, 6.07) is 3.63. The van der Waals surface area contributed by atoms with Crippen molar-refractivity contribution in [2.45, 2.75) is 13.0 Å². The average Bonchev–Trinajstić information content (AvgIpc) is 3.41. The molecule has 152 valence electrons. The molecule has 0 amide bonds. The minimum Gasteiger partial charge on any atom is -0.481 e. The fraction of sp³-hybridized carbons (Fsp3) is 0.211. The molecule has 0 saturated carbocycles. The number of pyridine rings is 1. The quantitative estimate of drug-likeness (QED) is 0.463. The Balaban J connectivity index is 1.58. The normalized spacial score (nSPS) is 11.6. The SMILES string of the molecule is COc1ncccc1Cn1ncc2c3sc(Cc4[nH]ncc4F)nc3n(C)c2c1=O. The van der Waals surface area contributed by atoms with Crippen LogP contribution in [0, 0.1) is 5.82 Å². The zero-order valence-corrected chi connectivity index (χ0v) is 16.9. The molecule has 11 heteroatoms. The van der Waals surface area contributed by atoms with Gasteiger partial charge in [0.15, 0.2) is 11.5 Å². The van der Waals surface area contributed by atoms with Gasteiger partial charge >= 0.3 is 0 Å². The molecule has 30 heavy (non-hydrogen) atoms. The van der Waals surface area contributed by atoms with Crippen molar-refractivity contribution in [2.75, 3.05) is 7.11 Å². The lowest BCUT2D eigenvalue weighted by molar-refractivity contribution is 0.389. The fourth-order valence-corrected chi connectivity index (χ4v) is 4.60. The predicted octanol–water partition coefficient (Wildman–Crippen LogP) is 2.25. The number of ether oxygens (including phenoxy) is 1. The topological polar surface area (TPSA) is 104 Å². The maximum absolute atomic E-state index is 13.7. The fourth-order valence-electron chi connectivity index (χ4n) is 3.48. The summed E-state index contributed by atoms with van der Waals surface area (Å²) in [6.45, 7) is 0.238. The van der Waals surface area contributed by atoms with Crippen LogP contribution >= 0.6 is 11.3 Å². The largest absolute Gasteiger partial charge is 0.481 e. The average molecular weight is 425 g/mol. The van der Waals surface area contributed by atoms with Gasteiger partial charge in [-0.3, -0.25) is 9.89 Å². The van der Waals surface area contributed by atoms with E-state index in [1.54, 1.807) is 30.1 Å². The molecule has 0 aliphatic heterocycles.